The highest BCUT2D eigenvalue weighted by Crippen LogP contribution is 2.17. The molecule has 0 aromatic heterocycles. The standard InChI is InChI=1S/C15H23FN2O/c1-19-15-5-4-12(9-14(15)16)6-8-18-11-13-3-2-7-17-10-13/h4-5,9,13,17-18H,2-3,6-8,10-11H2,1H3. The van der Waals surface area contributed by atoms with Gasteiger partial charge < -0.3 is 15.4 Å². The number of rotatable bonds is 6. The van der Waals surface area contributed by atoms with Crippen LogP contribution in [0.5, 0.6) is 5.75 Å². The topological polar surface area (TPSA) is 33.3 Å². The molecule has 1 fully saturated rings. The maximum Gasteiger partial charge on any atom is 0.165 e. The SMILES string of the molecule is COc1ccc(CCNCC2CCCNC2)cc1F. The van der Waals surface area contributed by atoms with Crippen LogP contribution in [-0.4, -0.2) is 33.3 Å². The molecule has 0 spiro atoms. The molecule has 3 nitrogen and oxygen atoms in total. The Morgan fingerprint density at radius 3 is 3.05 bits per heavy atom. The van der Waals surface area contributed by atoms with Crippen LogP contribution in [0.2, 0.25) is 0 Å². The Balaban J connectivity index is 1.69. The van der Waals surface area contributed by atoms with Gasteiger partial charge in [-0.15, -0.1) is 0 Å². The molecule has 1 aliphatic heterocycles. The number of hydrogen-bond acceptors (Lipinski definition) is 3. The van der Waals surface area contributed by atoms with Crippen LogP contribution in [0.1, 0.15) is 18.4 Å². The number of ether oxygens (including phenoxy) is 1. The van der Waals surface area contributed by atoms with E-state index < -0.39 is 0 Å². The predicted octanol–water partition coefficient (Wildman–Crippen LogP) is 1.97. The van der Waals surface area contributed by atoms with E-state index in [4.69, 9.17) is 4.74 Å². The maximum atomic E-state index is 13.5. The molecule has 1 aliphatic rings. The molecule has 19 heavy (non-hydrogen) atoms. The van der Waals surface area contributed by atoms with Crippen LogP contribution in [0, 0.1) is 11.7 Å². The molecule has 1 unspecified atom stereocenters. The lowest BCUT2D eigenvalue weighted by Gasteiger charge is -2.22. The third-order valence-electron chi connectivity index (χ3n) is 3.64. The second-order valence-electron chi connectivity index (χ2n) is 5.14. The minimum absolute atomic E-state index is 0.281. The van der Waals surface area contributed by atoms with Crippen LogP contribution in [0.3, 0.4) is 0 Å². The van der Waals surface area contributed by atoms with Crippen molar-refractivity contribution in [1.82, 2.24) is 10.6 Å². The van der Waals surface area contributed by atoms with Crippen molar-refractivity contribution >= 4 is 0 Å². The normalized spacial score (nSPS) is 19.4. The Kier molecular flexibility index (Phi) is 5.61. The first-order valence-corrected chi connectivity index (χ1v) is 7.03. The summed E-state index contributed by atoms with van der Waals surface area (Å²) in [6.07, 6.45) is 3.42. The number of benzene rings is 1. The van der Waals surface area contributed by atoms with Crippen molar-refractivity contribution in [3.05, 3.63) is 29.6 Å². The van der Waals surface area contributed by atoms with E-state index in [1.807, 2.05) is 6.07 Å². The number of halogens is 1. The van der Waals surface area contributed by atoms with Crippen molar-refractivity contribution in [1.29, 1.82) is 0 Å². The Hall–Kier alpha value is -1.13. The lowest BCUT2D eigenvalue weighted by Crippen LogP contribution is -2.36. The van der Waals surface area contributed by atoms with Gasteiger partial charge in [-0.05, 0) is 69.1 Å². The minimum atomic E-state index is -0.281. The third-order valence-corrected chi connectivity index (χ3v) is 3.64. The molecule has 0 amide bonds. The molecule has 1 saturated heterocycles. The van der Waals surface area contributed by atoms with Gasteiger partial charge in [-0.3, -0.25) is 0 Å². The molecular formula is C15H23FN2O. The van der Waals surface area contributed by atoms with Crippen molar-refractivity contribution < 1.29 is 9.13 Å². The fourth-order valence-corrected chi connectivity index (χ4v) is 2.50. The first-order valence-electron chi connectivity index (χ1n) is 7.03. The molecule has 2 rings (SSSR count). The smallest absolute Gasteiger partial charge is 0.165 e. The van der Waals surface area contributed by atoms with Gasteiger partial charge in [0.2, 0.25) is 0 Å². The summed E-state index contributed by atoms with van der Waals surface area (Å²) >= 11 is 0. The van der Waals surface area contributed by atoms with Gasteiger partial charge in [0, 0.05) is 0 Å². The monoisotopic (exact) mass is 266 g/mol. The second-order valence-corrected chi connectivity index (χ2v) is 5.14. The van der Waals surface area contributed by atoms with Crippen LogP contribution in [0.4, 0.5) is 4.39 Å². The largest absolute Gasteiger partial charge is 0.494 e. The van der Waals surface area contributed by atoms with Crippen LogP contribution >= 0.6 is 0 Å². The molecule has 1 aromatic rings. The molecular weight excluding hydrogens is 243 g/mol. The first kappa shape index (κ1) is 14.3. The molecule has 1 atom stereocenters. The average Bonchev–Trinajstić information content (AvgIpc) is 2.45. The minimum Gasteiger partial charge on any atom is -0.494 e. The fraction of sp³-hybridized carbons (Fsp3) is 0.600. The van der Waals surface area contributed by atoms with Crippen LogP contribution < -0.4 is 15.4 Å². The van der Waals surface area contributed by atoms with E-state index in [-0.39, 0.29) is 5.82 Å². The van der Waals surface area contributed by atoms with E-state index in [0.717, 1.165) is 44.1 Å². The average molecular weight is 266 g/mol. The number of hydrogen-bond donors (Lipinski definition) is 2. The molecule has 0 bridgehead atoms. The summed E-state index contributed by atoms with van der Waals surface area (Å²) < 4.78 is 18.4. The summed E-state index contributed by atoms with van der Waals surface area (Å²) in [6.45, 7) is 4.21. The zero-order valence-corrected chi connectivity index (χ0v) is 11.5. The summed E-state index contributed by atoms with van der Waals surface area (Å²) in [7, 11) is 1.48. The lowest BCUT2D eigenvalue weighted by molar-refractivity contribution is 0.361. The summed E-state index contributed by atoms with van der Waals surface area (Å²) in [5, 5.41) is 6.87. The van der Waals surface area contributed by atoms with E-state index in [1.54, 1.807) is 12.1 Å². The van der Waals surface area contributed by atoms with Gasteiger partial charge in [0.05, 0.1) is 7.11 Å². The van der Waals surface area contributed by atoms with Crippen LogP contribution in [-0.2, 0) is 6.42 Å². The molecule has 2 N–H and O–H groups in total. The van der Waals surface area contributed by atoms with Gasteiger partial charge in [0.25, 0.3) is 0 Å². The quantitative estimate of drug-likeness (QED) is 0.772. The third kappa shape index (κ3) is 4.48. The van der Waals surface area contributed by atoms with Gasteiger partial charge in [-0.25, -0.2) is 4.39 Å². The van der Waals surface area contributed by atoms with E-state index in [0.29, 0.717) is 5.75 Å². The summed E-state index contributed by atoms with van der Waals surface area (Å²) in [6, 6.07) is 5.17. The van der Waals surface area contributed by atoms with Gasteiger partial charge in [0.1, 0.15) is 0 Å². The molecule has 0 aliphatic carbocycles. The zero-order valence-electron chi connectivity index (χ0n) is 11.5. The maximum absolute atomic E-state index is 13.5. The molecule has 1 heterocycles. The molecule has 1 aromatic carbocycles. The second kappa shape index (κ2) is 7.46. The first-order chi connectivity index (χ1) is 9.29. The van der Waals surface area contributed by atoms with E-state index >= 15 is 0 Å². The van der Waals surface area contributed by atoms with Gasteiger partial charge in [0.15, 0.2) is 11.6 Å². The zero-order chi connectivity index (χ0) is 13.5. The van der Waals surface area contributed by atoms with Crippen molar-refractivity contribution in [2.24, 2.45) is 5.92 Å². The van der Waals surface area contributed by atoms with Crippen molar-refractivity contribution in [3.63, 3.8) is 0 Å². The number of piperidine rings is 1. The Morgan fingerprint density at radius 2 is 2.37 bits per heavy atom. The fourth-order valence-electron chi connectivity index (χ4n) is 2.50. The van der Waals surface area contributed by atoms with Crippen molar-refractivity contribution in [3.8, 4) is 5.75 Å². The molecule has 106 valence electrons. The van der Waals surface area contributed by atoms with Gasteiger partial charge in [-0.2, -0.15) is 0 Å². The molecule has 0 radical (unpaired) electrons. The van der Waals surface area contributed by atoms with Gasteiger partial charge in [-0.1, -0.05) is 6.07 Å². The highest BCUT2D eigenvalue weighted by Gasteiger charge is 2.11. The summed E-state index contributed by atoms with van der Waals surface area (Å²) in [5.74, 6) is 0.767. The van der Waals surface area contributed by atoms with Crippen LogP contribution in [0.15, 0.2) is 18.2 Å². The van der Waals surface area contributed by atoms with Gasteiger partial charge >= 0.3 is 0 Å². The Morgan fingerprint density at radius 1 is 1.47 bits per heavy atom. The van der Waals surface area contributed by atoms with E-state index in [2.05, 4.69) is 10.6 Å². The lowest BCUT2D eigenvalue weighted by atomic mass is 10.00. The molecule has 4 heteroatoms. The Labute approximate surface area is 114 Å². The van der Waals surface area contributed by atoms with Crippen LogP contribution in [0.25, 0.3) is 0 Å². The predicted molar refractivity (Wildman–Crippen MR) is 75.1 cm³/mol. The number of methoxy groups -OCH3 is 1. The summed E-state index contributed by atoms with van der Waals surface area (Å²) in [4.78, 5) is 0. The van der Waals surface area contributed by atoms with Crippen molar-refractivity contribution in [2.75, 3.05) is 33.3 Å². The summed E-state index contributed by atoms with van der Waals surface area (Å²) in [5.41, 5.74) is 1.01. The molecule has 0 saturated carbocycles. The van der Waals surface area contributed by atoms with Crippen molar-refractivity contribution in [2.45, 2.75) is 19.3 Å². The van der Waals surface area contributed by atoms with E-state index in [9.17, 15) is 4.39 Å². The highest BCUT2D eigenvalue weighted by atomic mass is 19.1. The van der Waals surface area contributed by atoms with E-state index in [1.165, 1.54) is 20.0 Å². The Bertz CT molecular complexity index is 392. The highest BCUT2D eigenvalue weighted by molar-refractivity contribution is 5.29. The number of nitrogens with one attached hydrogen (secondary N) is 2.